The third-order valence-electron chi connectivity index (χ3n) is 9.42. The van der Waals surface area contributed by atoms with Crippen LogP contribution in [-0.4, -0.2) is 227 Å². The van der Waals surface area contributed by atoms with E-state index in [0.717, 1.165) is 16.7 Å². The number of aromatic hydroxyl groups is 4. The fraction of sp³-hybridized carbons (Fsp3) is 0.354. The molecule has 0 saturated carbocycles. The van der Waals surface area contributed by atoms with Crippen LogP contribution in [0.25, 0.3) is 0 Å². The van der Waals surface area contributed by atoms with Gasteiger partial charge in [-0.05, 0) is 97.0 Å². The average Bonchev–Trinajstić information content (AvgIpc) is 3.45. The van der Waals surface area contributed by atoms with E-state index in [9.17, 15) is 15.3 Å². The number of hydrogen-bond acceptors (Lipinski definition) is 15. The predicted molar refractivity (Wildman–Crippen MR) is 328 cm³/mol. The molecule has 0 bridgehead atoms. The number of benzene rings is 7. The summed E-state index contributed by atoms with van der Waals surface area (Å²) in [5, 5.41) is 66.3. The zero-order chi connectivity index (χ0) is 60.6. The molecule has 0 spiro atoms. The van der Waals surface area contributed by atoms with Crippen molar-refractivity contribution in [1.82, 2.24) is 0 Å². The van der Waals surface area contributed by atoms with E-state index in [1.807, 2.05) is 133 Å². The van der Waals surface area contributed by atoms with Gasteiger partial charge in [-0.1, -0.05) is 160 Å². The summed E-state index contributed by atoms with van der Waals surface area (Å²) in [7, 11) is 9.91. The van der Waals surface area contributed by atoms with Crippen LogP contribution in [-0.2, 0) is 37.9 Å². The van der Waals surface area contributed by atoms with E-state index in [2.05, 4.69) is 9.47 Å². The first-order valence-electron chi connectivity index (χ1n) is 25.6. The molecule has 83 heavy (non-hydrogen) atoms. The summed E-state index contributed by atoms with van der Waals surface area (Å²) in [4.78, 5) is 0. The standard InChI is InChI=1S/7C7H8O.2C6H14O3.C4H10O2.2Ba.Eu/c7*1-6-2-4-7(8)5-3-6;2*1-7-3-5-9-6-4-8-2;1-5-3-4-6-2;;;/h7*2-5,8H,1H3;2*3-6H2,1-2H3;3-4H2,1-2H3;;;/q;;;;;;;;;;2*+2;/p-3. The number of hydrogen-bond donors (Lipinski definition) is 4. The van der Waals surface area contributed by atoms with Crippen LogP contribution < -0.4 is 15.3 Å². The molecule has 0 unspecified atom stereocenters. The third kappa shape index (κ3) is 70.2. The molecule has 15 nitrogen and oxygen atoms in total. The Hall–Kier alpha value is -2.45. The summed E-state index contributed by atoms with van der Waals surface area (Å²) >= 11 is 0. The van der Waals surface area contributed by atoms with Crippen molar-refractivity contribution in [1.29, 1.82) is 0 Å². The van der Waals surface area contributed by atoms with E-state index in [-0.39, 0.29) is 164 Å². The van der Waals surface area contributed by atoms with Crippen LogP contribution >= 0.6 is 0 Å². The van der Waals surface area contributed by atoms with Crippen molar-refractivity contribution in [3.8, 4) is 40.2 Å². The molecule has 0 aliphatic rings. The zero-order valence-corrected chi connectivity index (χ0v) is 62.6. The summed E-state index contributed by atoms with van der Waals surface area (Å²) in [6.45, 7) is 20.4. The molecule has 0 aliphatic carbocycles. The smallest absolute Gasteiger partial charge is 0.872 e. The third-order valence-corrected chi connectivity index (χ3v) is 9.42. The van der Waals surface area contributed by atoms with Crippen LogP contribution in [0.3, 0.4) is 0 Å². The summed E-state index contributed by atoms with van der Waals surface area (Å²) in [6.07, 6.45) is 0. The van der Waals surface area contributed by atoms with E-state index in [1.165, 1.54) is 22.3 Å². The molecule has 4 N–H and O–H groups in total. The Morgan fingerprint density at radius 1 is 0.241 bits per heavy atom. The summed E-state index contributed by atoms with van der Waals surface area (Å²) in [5.41, 5.74) is 8.06. The number of aryl methyl sites for hydroxylation is 7. The van der Waals surface area contributed by atoms with Crippen molar-refractivity contribution in [2.75, 3.05) is 109 Å². The van der Waals surface area contributed by atoms with Crippen molar-refractivity contribution in [3.05, 3.63) is 209 Å². The SMILES string of the molecule is COCCOC.COCCOCCOC.COCCOCCOC.Cc1ccc(O)cc1.Cc1ccc(O)cc1.Cc1ccc(O)cc1.Cc1ccc(O)cc1.Cc1ccc([O-])cc1.Cc1ccc([O-])cc1.Cc1ccc([O-])cc1.[Ba+2].[Ba+2].[Eu]. The van der Waals surface area contributed by atoms with E-state index < -0.39 is 0 Å². The van der Waals surface area contributed by atoms with Gasteiger partial charge in [-0.15, -0.1) is 17.2 Å². The van der Waals surface area contributed by atoms with Crippen molar-refractivity contribution in [3.63, 3.8) is 0 Å². The van der Waals surface area contributed by atoms with Crippen LogP contribution in [0.1, 0.15) is 38.9 Å². The van der Waals surface area contributed by atoms with Crippen molar-refractivity contribution in [2.24, 2.45) is 0 Å². The average molecular weight is 1540 g/mol. The first-order chi connectivity index (χ1) is 38.3. The van der Waals surface area contributed by atoms with Crippen LogP contribution in [0.2, 0.25) is 0 Å². The van der Waals surface area contributed by atoms with Crippen molar-refractivity contribution < 1.29 is 123 Å². The molecule has 0 heterocycles. The molecule has 7 aromatic rings. The number of methoxy groups -OCH3 is 6. The molecule has 451 valence electrons. The minimum Gasteiger partial charge on any atom is -0.872 e. The minimum absolute atomic E-state index is 0. The first kappa shape index (κ1) is 91.7. The Morgan fingerprint density at radius 2 is 0.361 bits per heavy atom. The molecule has 0 aromatic heterocycles. The summed E-state index contributed by atoms with van der Waals surface area (Å²) < 4.78 is 38.5. The maximum atomic E-state index is 10.4. The predicted octanol–water partition coefficient (Wildman–Crippen LogP) is 10.1. The fourth-order valence-corrected chi connectivity index (χ4v) is 4.73. The molecule has 7 rings (SSSR count). The van der Waals surface area contributed by atoms with Gasteiger partial charge in [0.25, 0.3) is 0 Å². The number of phenolic OH excluding ortho intramolecular Hbond substituents is 4. The van der Waals surface area contributed by atoms with Gasteiger partial charge in [-0.2, -0.15) is 0 Å². The molecule has 0 amide bonds. The van der Waals surface area contributed by atoms with Gasteiger partial charge in [0.05, 0.1) is 66.1 Å². The van der Waals surface area contributed by atoms with Gasteiger partial charge >= 0.3 is 97.8 Å². The zero-order valence-electron chi connectivity index (χ0n) is 51.3. The Kier molecular flexibility index (Phi) is 74.1. The summed E-state index contributed by atoms with van der Waals surface area (Å²) in [6, 6.07) is 48.6. The molecule has 0 atom stereocenters. The van der Waals surface area contributed by atoms with Gasteiger partial charge in [0.15, 0.2) is 0 Å². The van der Waals surface area contributed by atoms with E-state index in [0.29, 0.717) is 89.1 Å². The van der Waals surface area contributed by atoms with Crippen molar-refractivity contribution >= 4 is 97.8 Å². The second kappa shape index (κ2) is 67.1. The molecular formula is C65H91Ba2EuO15+. The molecule has 0 aliphatic heterocycles. The van der Waals surface area contributed by atoms with Gasteiger partial charge in [-0.25, -0.2) is 0 Å². The Bertz CT molecular complexity index is 1760. The Labute approximate surface area is 618 Å². The van der Waals surface area contributed by atoms with Crippen LogP contribution in [0.4, 0.5) is 0 Å². The van der Waals surface area contributed by atoms with Gasteiger partial charge in [-0.3, -0.25) is 0 Å². The second-order valence-electron chi connectivity index (χ2n) is 17.0. The molecule has 1 radical (unpaired) electrons. The molecule has 18 heteroatoms. The summed E-state index contributed by atoms with van der Waals surface area (Å²) in [5.74, 6) is 1.55. The number of ether oxygens (including phenoxy) is 8. The number of phenols is 4. The minimum atomic E-state index is 0. The maximum Gasteiger partial charge on any atom is 2.00 e. The van der Waals surface area contributed by atoms with Crippen LogP contribution in [0, 0.1) is 97.8 Å². The molecule has 7 aromatic carbocycles. The van der Waals surface area contributed by atoms with E-state index >= 15 is 0 Å². The largest absolute Gasteiger partial charge is 2.00 e. The van der Waals surface area contributed by atoms with E-state index in [1.54, 1.807) is 128 Å². The second-order valence-corrected chi connectivity index (χ2v) is 17.0. The Morgan fingerprint density at radius 3 is 0.470 bits per heavy atom. The molecule has 0 saturated heterocycles. The maximum absolute atomic E-state index is 10.4. The fourth-order valence-electron chi connectivity index (χ4n) is 4.73. The van der Waals surface area contributed by atoms with Gasteiger partial charge in [0, 0.05) is 92.0 Å². The Balaban J connectivity index is -0.000000198. The van der Waals surface area contributed by atoms with Gasteiger partial charge in [0.2, 0.25) is 0 Å². The number of rotatable bonds is 15. The first-order valence-corrected chi connectivity index (χ1v) is 25.6. The quantitative estimate of drug-likeness (QED) is 0.0554. The topological polar surface area (TPSA) is 224 Å². The monoisotopic (exact) mass is 1540 g/mol. The van der Waals surface area contributed by atoms with Crippen LogP contribution in [0.15, 0.2) is 170 Å². The normalized spacial score (nSPS) is 8.98. The molecular weight excluding hydrogens is 1450 g/mol. The van der Waals surface area contributed by atoms with E-state index in [4.69, 9.17) is 48.8 Å². The van der Waals surface area contributed by atoms with Gasteiger partial charge in [0.1, 0.15) is 23.0 Å². The van der Waals surface area contributed by atoms with Crippen LogP contribution in [0.5, 0.6) is 40.2 Å². The van der Waals surface area contributed by atoms with Crippen molar-refractivity contribution in [2.45, 2.75) is 48.5 Å². The molecule has 0 fully saturated rings. The van der Waals surface area contributed by atoms with Gasteiger partial charge < -0.3 is 73.6 Å².